The highest BCUT2D eigenvalue weighted by Crippen LogP contribution is 2.43. The highest BCUT2D eigenvalue weighted by atomic mass is 32.2. The second-order valence-corrected chi connectivity index (χ2v) is 10.2. The average Bonchev–Trinajstić information content (AvgIpc) is 3.31. The van der Waals surface area contributed by atoms with Crippen molar-refractivity contribution in [3.63, 3.8) is 0 Å². The van der Waals surface area contributed by atoms with Gasteiger partial charge in [-0.15, -0.1) is 0 Å². The SMILES string of the molecule is O=S(=O)(c1ccc2ccccc2c1)N1CCN(C[C@@H]2C[C@H]3C=C[C@@H]2C3)CC1. The first-order valence-corrected chi connectivity index (χ1v) is 11.4. The van der Waals surface area contributed by atoms with Gasteiger partial charge in [-0.2, -0.15) is 4.31 Å². The van der Waals surface area contributed by atoms with Crippen LogP contribution in [0, 0.1) is 17.8 Å². The molecule has 1 heterocycles. The van der Waals surface area contributed by atoms with E-state index in [1.807, 2.05) is 30.3 Å². The van der Waals surface area contributed by atoms with Gasteiger partial charge in [-0.25, -0.2) is 8.42 Å². The minimum atomic E-state index is -3.42. The number of hydrogen-bond acceptors (Lipinski definition) is 3. The van der Waals surface area contributed by atoms with Crippen molar-refractivity contribution in [2.24, 2.45) is 17.8 Å². The summed E-state index contributed by atoms with van der Waals surface area (Å²) in [5, 5.41) is 2.04. The zero-order chi connectivity index (χ0) is 18.4. The molecule has 2 aliphatic carbocycles. The number of nitrogens with zero attached hydrogens (tertiary/aromatic N) is 2. The summed E-state index contributed by atoms with van der Waals surface area (Å²) in [5.74, 6) is 2.33. The average molecular weight is 383 g/mol. The molecule has 2 aromatic carbocycles. The van der Waals surface area contributed by atoms with E-state index in [9.17, 15) is 8.42 Å². The Kier molecular flexibility index (Phi) is 4.34. The Bertz CT molecular complexity index is 977. The van der Waals surface area contributed by atoms with E-state index in [2.05, 4.69) is 17.1 Å². The first kappa shape index (κ1) is 17.4. The largest absolute Gasteiger partial charge is 0.300 e. The molecule has 3 atom stereocenters. The van der Waals surface area contributed by atoms with E-state index in [1.54, 1.807) is 16.4 Å². The summed E-state index contributed by atoms with van der Waals surface area (Å²) in [7, 11) is -3.42. The Balaban J connectivity index is 1.25. The van der Waals surface area contributed by atoms with Crippen molar-refractivity contribution in [2.75, 3.05) is 32.7 Å². The molecule has 0 radical (unpaired) electrons. The Labute approximate surface area is 161 Å². The predicted molar refractivity (Wildman–Crippen MR) is 108 cm³/mol. The highest BCUT2D eigenvalue weighted by molar-refractivity contribution is 7.89. The van der Waals surface area contributed by atoms with Gasteiger partial charge in [0.25, 0.3) is 0 Å². The quantitative estimate of drug-likeness (QED) is 0.762. The first-order valence-electron chi connectivity index (χ1n) is 9.99. The second kappa shape index (κ2) is 6.73. The second-order valence-electron chi connectivity index (χ2n) is 8.25. The summed E-state index contributed by atoms with van der Waals surface area (Å²) in [6.07, 6.45) is 7.44. The molecule has 1 aliphatic heterocycles. The van der Waals surface area contributed by atoms with Crippen LogP contribution >= 0.6 is 0 Å². The maximum Gasteiger partial charge on any atom is 0.243 e. The van der Waals surface area contributed by atoms with Crippen LogP contribution in [-0.4, -0.2) is 50.3 Å². The lowest BCUT2D eigenvalue weighted by molar-refractivity contribution is 0.156. The van der Waals surface area contributed by atoms with E-state index in [4.69, 9.17) is 0 Å². The summed E-state index contributed by atoms with van der Waals surface area (Å²) in [5.41, 5.74) is 0. The van der Waals surface area contributed by atoms with Crippen molar-refractivity contribution >= 4 is 20.8 Å². The van der Waals surface area contributed by atoms with Crippen LogP contribution in [0.1, 0.15) is 12.8 Å². The molecule has 0 N–H and O–H groups in total. The minimum absolute atomic E-state index is 0.410. The van der Waals surface area contributed by atoms with Gasteiger partial charge in [-0.3, -0.25) is 0 Å². The zero-order valence-electron chi connectivity index (χ0n) is 15.5. The van der Waals surface area contributed by atoms with Gasteiger partial charge in [0.2, 0.25) is 10.0 Å². The summed E-state index contributed by atoms with van der Waals surface area (Å²) in [6.45, 7) is 3.97. The summed E-state index contributed by atoms with van der Waals surface area (Å²) in [4.78, 5) is 2.87. The molecule has 0 unspecified atom stereocenters. The lowest BCUT2D eigenvalue weighted by Crippen LogP contribution is -2.49. The topological polar surface area (TPSA) is 40.6 Å². The van der Waals surface area contributed by atoms with Gasteiger partial charge in [0.1, 0.15) is 0 Å². The van der Waals surface area contributed by atoms with E-state index in [0.717, 1.165) is 48.2 Å². The molecule has 0 spiro atoms. The maximum atomic E-state index is 13.1. The van der Waals surface area contributed by atoms with Crippen molar-refractivity contribution in [2.45, 2.75) is 17.7 Å². The lowest BCUT2D eigenvalue weighted by Gasteiger charge is -2.36. The van der Waals surface area contributed by atoms with Gasteiger partial charge in [0, 0.05) is 32.7 Å². The molecule has 1 saturated heterocycles. The molecule has 0 aromatic heterocycles. The molecule has 3 aliphatic rings. The van der Waals surface area contributed by atoms with Gasteiger partial charge in [0.15, 0.2) is 0 Å². The summed E-state index contributed by atoms with van der Waals surface area (Å²) < 4.78 is 27.8. The highest BCUT2D eigenvalue weighted by Gasteiger charge is 2.37. The lowest BCUT2D eigenvalue weighted by atomic mass is 9.93. The third-order valence-electron chi connectivity index (χ3n) is 6.60. The molecule has 5 heteroatoms. The van der Waals surface area contributed by atoms with Gasteiger partial charge < -0.3 is 4.90 Å². The number of sulfonamides is 1. The van der Waals surface area contributed by atoms with Gasteiger partial charge in [-0.1, -0.05) is 42.5 Å². The normalized spacial score (nSPS) is 29.0. The third kappa shape index (κ3) is 3.22. The van der Waals surface area contributed by atoms with Crippen LogP contribution in [0.5, 0.6) is 0 Å². The Hall–Kier alpha value is -1.69. The van der Waals surface area contributed by atoms with Crippen LogP contribution in [0.2, 0.25) is 0 Å². The van der Waals surface area contributed by atoms with Crippen molar-refractivity contribution in [3.8, 4) is 0 Å². The van der Waals surface area contributed by atoms with Crippen LogP contribution < -0.4 is 0 Å². The van der Waals surface area contributed by atoms with Crippen molar-refractivity contribution in [3.05, 3.63) is 54.6 Å². The van der Waals surface area contributed by atoms with E-state index < -0.39 is 10.0 Å². The number of allylic oxidation sites excluding steroid dienone is 2. The number of rotatable bonds is 4. The van der Waals surface area contributed by atoms with Crippen molar-refractivity contribution in [1.29, 1.82) is 0 Å². The Morgan fingerprint density at radius 3 is 2.37 bits per heavy atom. The molecule has 0 amide bonds. The van der Waals surface area contributed by atoms with Gasteiger partial charge in [0.05, 0.1) is 4.90 Å². The summed E-state index contributed by atoms with van der Waals surface area (Å²) >= 11 is 0. The standard InChI is InChI=1S/C22H26N2O2S/c25-27(26,22-8-7-18-3-1-2-4-19(18)15-22)24-11-9-23(10-12-24)16-21-14-17-5-6-20(21)13-17/h1-8,15,17,20-21H,9-14,16H2/t17-,20+,21-/m0/s1. The molecule has 2 fully saturated rings. The Morgan fingerprint density at radius 2 is 1.67 bits per heavy atom. The minimum Gasteiger partial charge on any atom is -0.300 e. The van der Waals surface area contributed by atoms with E-state index in [-0.39, 0.29) is 0 Å². The van der Waals surface area contributed by atoms with Gasteiger partial charge >= 0.3 is 0 Å². The van der Waals surface area contributed by atoms with Crippen LogP contribution in [0.15, 0.2) is 59.5 Å². The molecular weight excluding hydrogens is 356 g/mol. The van der Waals surface area contributed by atoms with E-state index >= 15 is 0 Å². The fraction of sp³-hybridized carbons (Fsp3) is 0.455. The number of benzene rings is 2. The van der Waals surface area contributed by atoms with Crippen LogP contribution in [-0.2, 0) is 10.0 Å². The molecule has 2 aromatic rings. The molecule has 4 nitrogen and oxygen atoms in total. The first-order chi connectivity index (χ1) is 13.1. The van der Waals surface area contributed by atoms with Crippen LogP contribution in [0.4, 0.5) is 0 Å². The Morgan fingerprint density at radius 1 is 0.889 bits per heavy atom. The molecular formula is C22H26N2O2S. The van der Waals surface area contributed by atoms with E-state index in [0.29, 0.717) is 18.0 Å². The smallest absolute Gasteiger partial charge is 0.243 e. The van der Waals surface area contributed by atoms with Gasteiger partial charge in [-0.05, 0) is 53.5 Å². The number of piperazine rings is 1. The van der Waals surface area contributed by atoms with E-state index in [1.165, 1.54) is 12.8 Å². The summed E-state index contributed by atoms with van der Waals surface area (Å²) in [6, 6.07) is 13.3. The molecule has 5 rings (SSSR count). The van der Waals surface area contributed by atoms with Crippen LogP contribution in [0.25, 0.3) is 10.8 Å². The molecule has 142 valence electrons. The fourth-order valence-electron chi connectivity index (χ4n) is 5.07. The molecule has 2 bridgehead atoms. The van der Waals surface area contributed by atoms with Crippen molar-refractivity contribution in [1.82, 2.24) is 9.21 Å². The fourth-order valence-corrected chi connectivity index (χ4v) is 6.52. The maximum absolute atomic E-state index is 13.1. The van der Waals surface area contributed by atoms with Crippen molar-refractivity contribution < 1.29 is 8.42 Å². The third-order valence-corrected chi connectivity index (χ3v) is 8.49. The monoisotopic (exact) mass is 382 g/mol. The molecule has 1 saturated carbocycles. The molecule has 27 heavy (non-hydrogen) atoms. The van der Waals surface area contributed by atoms with Crippen LogP contribution in [0.3, 0.4) is 0 Å². The zero-order valence-corrected chi connectivity index (χ0v) is 16.3. The number of hydrogen-bond donors (Lipinski definition) is 0. The number of fused-ring (bicyclic) bond motifs is 3. The predicted octanol–water partition coefficient (Wildman–Crippen LogP) is 3.36.